The van der Waals surface area contributed by atoms with Crippen LogP contribution >= 0.6 is 11.8 Å². The molecule has 0 spiro atoms. The van der Waals surface area contributed by atoms with E-state index < -0.39 is 12.0 Å². The lowest BCUT2D eigenvalue weighted by Gasteiger charge is -2.34. The minimum atomic E-state index is -0.924. The Bertz CT molecular complexity index is 489. The Morgan fingerprint density at radius 3 is 2.68 bits per heavy atom. The first-order valence-electron chi connectivity index (χ1n) is 6.21. The van der Waals surface area contributed by atoms with E-state index in [1.54, 1.807) is 11.8 Å². The molecule has 1 aliphatic heterocycles. The Morgan fingerprint density at radius 1 is 1.37 bits per heavy atom. The molecule has 0 saturated carbocycles. The Hall–Kier alpha value is -1.49. The van der Waals surface area contributed by atoms with Crippen molar-refractivity contribution in [3.63, 3.8) is 0 Å². The zero-order valence-electron chi connectivity index (χ0n) is 10.8. The number of aliphatic carboxylic acids is 1. The van der Waals surface area contributed by atoms with Gasteiger partial charge in [0.2, 0.25) is 5.91 Å². The van der Waals surface area contributed by atoms with Gasteiger partial charge in [0.05, 0.1) is 0 Å². The van der Waals surface area contributed by atoms with E-state index in [1.807, 2.05) is 30.5 Å². The number of carbonyl (C=O) groups excluding carboxylic acids is 1. The second-order valence-electron chi connectivity index (χ2n) is 4.59. The van der Waals surface area contributed by atoms with E-state index >= 15 is 0 Å². The van der Waals surface area contributed by atoms with Crippen LogP contribution in [0, 0.1) is 0 Å². The highest BCUT2D eigenvalue weighted by Crippen LogP contribution is 2.24. The molecule has 0 bridgehead atoms. The van der Waals surface area contributed by atoms with Crippen LogP contribution in [-0.4, -0.2) is 39.9 Å². The van der Waals surface area contributed by atoms with Gasteiger partial charge in [0.15, 0.2) is 0 Å². The molecule has 0 fully saturated rings. The summed E-state index contributed by atoms with van der Waals surface area (Å²) in [5.74, 6) is -0.271. The van der Waals surface area contributed by atoms with E-state index in [0.29, 0.717) is 19.4 Å². The lowest BCUT2D eigenvalue weighted by Crippen LogP contribution is -2.48. The second kappa shape index (κ2) is 6.10. The van der Waals surface area contributed by atoms with Gasteiger partial charge < -0.3 is 10.0 Å². The summed E-state index contributed by atoms with van der Waals surface area (Å²) in [6, 6.07) is 6.99. The maximum atomic E-state index is 12.1. The number of nitrogens with zero attached hydrogens (tertiary/aromatic N) is 1. The Morgan fingerprint density at radius 2 is 2.05 bits per heavy atom. The van der Waals surface area contributed by atoms with Crippen molar-refractivity contribution in [2.45, 2.75) is 25.4 Å². The third-order valence-electron chi connectivity index (χ3n) is 3.37. The van der Waals surface area contributed by atoms with E-state index in [9.17, 15) is 14.7 Å². The summed E-state index contributed by atoms with van der Waals surface area (Å²) in [6.07, 6.45) is 2.73. The lowest BCUT2D eigenvalue weighted by molar-refractivity contribution is -0.151. The maximum Gasteiger partial charge on any atom is 0.326 e. The van der Waals surface area contributed by atoms with E-state index in [-0.39, 0.29) is 5.91 Å². The standard InChI is InChI=1S/C14H17NO3S/c1-19-7-6-13(16)15-9-11-5-3-2-4-10(11)8-12(15)14(17)18/h2-5,12H,6-9H2,1H3,(H,17,18). The molecule has 102 valence electrons. The third-order valence-corrected chi connectivity index (χ3v) is 3.99. The third kappa shape index (κ3) is 3.10. The van der Waals surface area contributed by atoms with Crippen molar-refractivity contribution in [2.24, 2.45) is 0 Å². The summed E-state index contributed by atoms with van der Waals surface area (Å²) < 4.78 is 0. The van der Waals surface area contributed by atoms with Crippen molar-refractivity contribution in [2.75, 3.05) is 12.0 Å². The summed E-state index contributed by atoms with van der Waals surface area (Å²) >= 11 is 1.59. The SMILES string of the molecule is CSCCC(=O)N1Cc2ccccc2CC1C(=O)O. The summed E-state index contributed by atoms with van der Waals surface area (Å²) in [6.45, 7) is 0.403. The number of carbonyl (C=O) groups is 2. The van der Waals surface area contributed by atoms with Gasteiger partial charge in [0.25, 0.3) is 0 Å². The Labute approximate surface area is 116 Å². The number of rotatable bonds is 4. The average molecular weight is 279 g/mol. The largest absolute Gasteiger partial charge is 0.480 e. The van der Waals surface area contributed by atoms with Crippen LogP contribution in [0.5, 0.6) is 0 Å². The Kier molecular flexibility index (Phi) is 4.47. The number of carboxylic acid groups (broad SMARTS) is 1. The van der Waals surface area contributed by atoms with Crippen molar-refractivity contribution < 1.29 is 14.7 Å². The summed E-state index contributed by atoms with van der Waals surface area (Å²) in [5, 5.41) is 9.31. The highest BCUT2D eigenvalue weighted by Gasteiger charge is 2.33. The van der Waals surface area contributed by atoms with Crippen LogP contribution in [-0.2, 0) is 22.6 Å². The predicted octanol–water partition coefficient (Wildman–Crippen LogP) is 1.78. The summed E-state index contributed by atoms with van der Waals surface area (Å²) in [5.41, 5.74) is 2.08. The molecule has 1 aromatic rings. The van der Waals surface area contributed by atoms with Crippen molar-refractivity contribution in [1.82, 2.24) is 4.90 Å². The van der Waals surface area contributed by atoms with E-state index in [1.165, 1.54) is 4.90 Å². The molecular weight excluding hydrogens is 262 g/mol. The monoisotopic (exact) mass is 279 g/mol. The predicted molar refractivity (Wildman–Crippen MR) is 75.1 cm³/mol. The number of thioether (sulfide) groups is 1. The first-order chi connectivity index (χ1) is 9.13. The minimum Gasteiger partial charge on any atom is -0.480 e. The molecule has 0 aliphatic carbocycles. The zero-order valence-corrected chi connectivity index (χ0v) is 11.7. The molecule has 1 atom stereocenters. The quantitative estimate of drug-likeness (QED) is 0.912. The van der Waals surface area contributed by atoms with Crippen molar-refractivity contribution in [3.8, 4) is 0 Å². The fourth-order valence-electron chi connectivity index (χ4n) is 2.34. The van der Waals surface area contributed by atoms with Gasteiger partial charge in [-0.05, 0) is 17.4 Å². The average Bonchev–Trinajstić information content (AvgIpc) is 2.43. The van der Waals surface area contributed by atoms with E-state index in [2.05, 4.69) is 0 Å². The molecule has 5 heteroatoms. The minimum absolute atomic E-state index is 0.0729. The van der Waals surface area contributed by atoms with Crippen molar-refractivity contribution in [1.29, 1.82) is 0 Å². The molecule has 0 radical (unpaired) electrons. The number of benzene rings is 1. The first kappa shape index (κ1) is 13.9. The number of hydrogen-bond donors (Lipinski definition) is 1. The molecule has 0 saturated heterocycles. The van der Waals surface area contributed by atoms with E-state index in [4.69, 9.17) is 0 Å². The molecule has 1 aromatic carbocycles. The molecule has 0 aromatic heterocycles. The van der Waals surface area contributed by atoms with Crippen LogP contribution in [0.1, 0.15) is 17.5 Å². The summed E-state index contributed by atoms with van der Waals surface area (Å²) in [4.78, 5) is 25.0. The highest BCUT2D eigenvalue weighted by molar-refractivity contribution is 7.98. The molecule has 1 amide bonds. The van der Waals surface area contributed by atoms with Gasteiger partial charge in [0, 0.05) is 25.1 Å². The van der Waals surface area contributed by atoms with Gasteiger partial charge in [0.1, 0.15) is 6.04 Å². The van der Waals surface area contributed by atoms with Gasteiger partial charge in [-0.1, -0.05) is 24.3 Å². The number of fused-ring (bicyclic) bond motifs is 1. The molecule has 1 aliphatic rings. The van der Waals surface area contributed by atoms with E-state index in [0.717, 1.165) is 16.9 Å². The molecular formula is C14H17NO3S. The normalized spacial score (nSPS) is 17.9. The van der Waals surface area contributed by atoms with Gasteiger partial charge >= 0.3 is 5.97 Å². The lowest BCUT2D eigenvalue weighted by atomic mass is 9.94. The van der Waals surface area contributed by atoms with Crippen molar-refractivity contribution >= 4 is 23.6 Å². The number of amides is 1. The molecule has 19 heavy (non-hydrogen) atoms. The zero-order chi connectivity index (χ0) is 13.8. The van der Waals surface area contributed by atoms with Crippen LogP contribution in [0.25, 0.3) is 0 Å². The van der Waals surface area contributed by atoms with Crippen LogP contribution < -0.4 is 0 Å². The first-order valence-corrected chi connectivity index (χ1v) is 7.61. The van der Waals surface area contributed by atoms with Crippen LogP contribution in [0.3, 0.4) is 0 Å². The molecule has 1 N–H and O–H groups in total. The van der Waals surface area contributed by atoms with Gasteiger partial charge in [-0.25, -0.2) is 4.79 Å². The molecule has 1 heterocycles. The topological polar surface area (TPSA) is 57.6 Å². The van der Waals surface area contributed by atoms with Crippen molar-refractivity contribution in [3.05, 3.63) is 35.4 Å². The smallest absolute Gasteiger partial charge is 0.326 e. The molecule has 1 unspecified atom stereocenters. The molecule has 2 rings (SSSR count). The van der Waals surface area contributed by atoms with Gasteiger partial charge in [-0.2, -0.15) is 11.8 Å². The van der Waals surface area contributed by atoms with Gasteiger partial charge in [-0.3, -0.25) is 4.79 Å². The second-order valence-corrected chi connectivity index (χ2v) is 5.58. The Balaban J connectivity index is 2.21. The highest BCUT2D eigenvalue weighted by atomic mass is 32.2. The van der Waals surface area contributed by atoms with Crippen LogP contribution in [0.2, 0.25) is 0 Å². The summed E-state index contributed by atoms with van der Waals surface area (Å²) in [7, 11) is 0. The fourth-order valence-corrected chi connectivity index (χ4v) is 2.72. The number of carboxylic acids is 1. The van der Waals surface area contributed by atoms with Crippen LogP contribution in [0.15, 0.2) is 24.3 Å². The molecule has 4 nitrogen and oxygen atoms in total. The fraction of sp³-hybridized carbons (Fsp3) is 0.429. The number of hydrogen-bond acceptors (Lipinski definition) is 3. The van der Waals surface area contributed by atoms with Crippen LogP contribution in [0.4, 0.5) is 0 Å². The maximum absolute atomic E-state index is 12.1. The van der Waals surface area contributed by atoms with Gasteiger partial charge in [-0.15, -0.1) is 0 Å².